The molecule has 0 aromatic rings. The molecule has 0 saturated carbocycles. The third-order valence-electron chi connectivity index (χ3n) is 3.28. The minimum absolute atomic E-state index is 0.195. The summed E-state index contributed by atoms with van der Waals surface area (Å²) in [7, 11) is -1.27. The largest absolute Gasteiger partial charge is 0.475 e. The number of rotatable bonds is 2. The minimum atomic E-state index is -1.27. The third kappa shape index (κ3) is 2.33. The Morgan fingerprint density at radius 2 is 2.13 bits per heavy atom. The van der Waals surface area contributed by atoms with Crippen molar-refractivity contribution < 1.29 is 10.0 Å². The van der Waals surface area contributed by atoms with E-state index in [1.807, 2.05) is 4.90 Å². The third-order valence-corrected chi connectivity index (χ3v) is 3.80. The van der Waals surface area contributed by atoms with Crippen LogP contribution >= 0.6 is 12.2 Å². The molecular weight excluding hydrogens is 211 g/mol. The number of thiocarbonyl (C=S) groups is 1. The second-order valence-electron chi connectivity index (χ2n) is 4.30. The Kier molecular flexibility index (Phi) is 3.61. The molecule has 2 saturated heterocycles. The quantitative estimate of drug-likeness (QED) is 0.441. The molecule has 0 aliphatic carbocycles. The molecular formula is C9H17BN2O2S. The molecule has 15 heavy (non-hydrogen) atoms. The zero-order chi connectivity index (χ0) is 10.8. The summed E-state index contributed by atoms with van der Waals surface area (Å²) in [5.74, 6) is -0.195. The van der Waals surface area contributed by atoms with E-state index >= 15 is 0 Å². The Labute approximate surface area is 95.8 Å². The Hall–Kier alpha value is -0.165. The van der Waals surface area contributed by atoms with Crippen molar-refractivity contribution in [3.8, 4) is 0 Å². The monoisotopic (exact) mass is 228 g/mol. The van der Waals surface area contributed by atoms with E-state index in [4.69, 9.17) is 12.2 Å². The topological polar surface area (TPSA) is 55.7 Å². The molecule has 0 aromatic heterocycles. The number of nitrogens with zero attached hydrogens (tertiary/aromatic N) is 1. The van der Waals surface area contributed by atoms with Crippen molar-refractivity contribution in [3.05, 3.63) is 0 Å². The van der Waals surface area contributed by atoms with Crippen molar-refractivity contribution in [3.63, 3.8) is 0 Å². The normalized spacial score (nSPS) is 30.9. The number of hydrogen-bond acceptors (Lipinski definition) is 4. The van der Waals surface area contributed by atoms with Crippen LogP contribution in [0.2, 0.25) is 0 Å². The predicted molar refractivity (Wildman–Crippen MR) is 63.5 cm³/mol. The molecule has 3 N–H and O–H groups in total. The molecule has 4 nitrogen and oxygen atoms in total. The average molecular weight is 228 g/mol. The van der Waals surface area contributed by atoms with Gasteiger partial charge in [-0.2, -0.15) is 0 Å². The van der Waals surface area contributed by atoms with Gasteiger partial charge in [-0.25, -0.2) is 0 Å². The van der Waals surface area contributed by atoms with Gasteiger partial charge in [0.05, 0.1) is 17.0 Å². The predicted octanol–water partition coefficient (Wildman–Crippen LogP) is -0.458. The van der Waals surface area contributed by atoms with Gasteiger partial charge in [0.25, 0.3) is 0 Å². The van der Waals surface area contributed by atoms with Gasteiger partial charge in [0.2, 0.25) is 0 Å². The first kappa shape index (κ1) is 11.3. The minimum Gasteiger partial charge on any atom is -0.426 e. The van der Waals surface area contributed by atoms with Crippen LogP contribution in [0.5, 0.6) is 0 Å². The van der Waals surface area contributed by atoms with Crippen LogP contribution in [0.4, 0.5) is 0 Å². The summed E-state index contributed by atoms with van der Waals surface area (Å²) in [5, 5.41) is 21.8. The molecule has 6 heteroatoms. The molecule has 0 aromatic carbocycles. The highest BCUT2D eigenvalue weighted by Gasteiger charge is 2.37. The molecule has 84 valence electrons. The smallest absolute Gasteiger partial charge is 0.426 e. The lowest BCUT2D eigenvalue weighted by Gasteiger charge is -2.29. The van der Waals surface area contributed by atoms with Gasteiger partial charge in [0.15, 0.2) is 0 Å². The van der Waals surface area contributed by atoms with Gasteiger partial charge >= 0.3 is 7.12 Å². The number of hydrogen-bond donors (Lipinski definition) is 3. The molecule has 1 unspecified atom stereocenters. The van der Waals surface area contributed by atoms with Crippen LogP contribution < -0.4 is 5.32 Å². The lowest BCUT2D eigenvalue weighted by molar-refractivity contribution is 0.332. The Morgan fingerprint density at radius 1 is 1.33 bits per heavy atom. The molecule has 2 fully saturated rings. The highest BCUT2D eigenvalue weighted by atomic mass is 32.1. The van der Waals surface area contributed by atoms with E-state index in [-0.39, 0.29) is 12.0 Å². The van der Waals surface area contributed by atoms with E-state index in [1.54, 1.807) is 0 Å². The van der Waals surface area contributed by atoms with Crippen LogP contribution in [0, 0.1) is 0 Å². The fraction of sp³-hybridized carbons (Fsp3) is 0.889. The number of likely N-dealkylation sites (tertiary alicyclic amines) is 1. The van der Waals surface area contributed by atoms with Crippen LogP contribution in [0.3, 0.4) is 0 Å². The van der Waals surface area contributed by atoms with Gasteiger partial charge in [0.1, 0.15) is 0 Å². The lowest BCUT2D eigenvalue weighted by atomic mass is 9.78. The maximum atomic E-state index is 9.25. The van der Waals surface area contributed by atoms with Gasteiger partial charge < -0.3 is 20.3 Å². The van der Waals surface area contributed by atoms with E-state index in [1.165, 1.54) is 0 Å². The SMILES string of the molecule is OB(O)[C@@H]1CCCN1C(=S)C1CCCN1. The zero-order valence-electron chi connectivity index (χ0n) is 8.72. The van der Waals surface area contributed by atoms with Crippen LogP contribution in [-0.4, -0.2) is 52.1 Å². The molecule has 2 heterocycles. The summed E-state index contributed by atoms with van der Waals surface area (Å²) >= 11 is 5.41. The van der Waals surface area contributed by atoms with E-state index in [9.17, 15) is 10.0 Å². The molecule has 2 aliphatic rings. The molecule has 0 spiro atoms. The zero-order valence-corrected chi connectivity index (χ0v) is 9.54. The van der Waals surface area contributed by atoms with Crippen LogP contribution in [-0.2, 0) is 0 Å². The summed E-state index contributed by atoms with van der Waals surface area (Å²) in [4.78, 5) is 2.85. The molecule has 0 bridgehead atoms. The standard InChI is InChI=1S/C9H17BN2O2S/c13-10(14)8-4-2-6-12(8)9(15)7-3-1-5-11-7/h7-8,11,13-14H,1-6H2/t7?,8-/m0/s1. The van der Waals surface area contributed by atoms with E-state index < -0.39 is 7.12 Å². The Bertz CT molecular complexity index is 246. The van der Waals surface area contributed by atoms with E-state index in [0.717, 1.165) is 43.8 Å². The Morgan fingerprint density at radius 3 is 2.73 bits per heavy atom. The Balaban J connectivity index is 1.99. The average Bonchev–Trinajstić information content (AvgIpc) is 2.88. The van der Waals surface area contributed by atoms with Gasteiger partial charge in [-0.15, -0.1) is 0 Å². The van der Waals surface area contributed by atoms with Crippen molar-refractivity contribution in [2.24, 2.45) is 0 Å². The van der Waals surface area contributed by atoms with Crippen molar-refractivity contribution in [2.75, 3.05) is 13.1 Å². The first-order valence-corrected chi connectivity index (χ1v) is 6.01. The van der Waals surface area contributed by atoms with Crippen LogP contribution in [0.25, 0.3) is 0 Å². The number of nitrogens with one attached hydrogen (secondary N) is 1. The maximum absolute atomic E-state index is 9.25. The molecule has 0 radical (unpaired) electrons. The van der Waals surface area contributed by atoms with Gasteiger partial charge in [-0.1, -0.05) is 12.2 Å². The second-order valence-corrected chi connectivity index (χ2v) is 4.72. The van der Waals surface area contributed by atoms with Gasteiger partial charge in [0, 0.05) is 6.54 Å². The van der Waals surface area contributed by atoms with Crippen LogP contribution in [0.1, 0.15) is 25.7 Å². The molecule has 0 amide bonds. The van der Waals surface area contributed by atoms with Crippen molar-refractivity contribution in [1.29, 1.82) is 0 Å². The first-order valence-electron chi connectivity index (χ1n) is 5.60. The highest BCUT2D eigenvalue weighted by molar-refractivity contribution is 7.80. The fourth-order valence-electron chi connectivity index (χ4n) is 2.47. The summed E-state index contributed by atoms with van der Waals surface area (Å²) in [6.07, 6.45) is 4.05. The summed E-state index contributed by atoms with van der Waals surface area (Å²) in [6.45, 7) is 1.88. The highest BCUT2D eigenvalue weighted by Crippen LogP contribution is 2.22. The summed E-state index contributed by atoms with van der Waals surface area (Å²) in [6, 6.07) is 0.263. The maximum Gasteiger partial charge on any atom is 0.475 e. The second kappa shape index (κ2) is 4.78. The molecule has 2 aliphatic heterocycles. The van der Waals surface area contributed by atoms with Crippen molar-refractivity contribution in [1.82, 2.24) is 10.2 Å². The summed E-state index contributed by atoms with van der Waals surface area (Å²) < 4.78 is 0. The van der Waals surface area contributed by atoms with E-state index in [2.05, 4.69) is 5.32 Å². The van der Waals surface area contributed by atoms with E-state index in [0.29, 0.717) is 0 Å². The van der Waals surface area contributed by atoms with Crippen LogP contribution in [0.15, 0.2) is 0 Å². The van der Waals surface area contributed by atoms with Crippen molar-refractivity contribution >= 4 is 24.3 Å². The fourth-order valence-corrected chi connectivity index (χ4v) is 2.90. The first-order chi connectivity index (χ1) is 7.20. The summed E-state index contributed by atoms with van der Waals surface area (Å²) in [5.41, 5.74) is 0. The molecule has 2 atom stereocenters. The molecule has 2 rings (SSSR count). The lowest BCUT2D eigenvalue weighted by Crippen LogP contribution is -2.50. The van der Waals surface area contributed by atoms with Crippen molar-refractivity contribution in [2.45, 2.75) is 37.7 Å². The van der Waals surface area contributed by atoms with Gasteiger partial charge in [-0.3, -0.25) is 0 Å². The van der Waals surface area contributed by atoms with Gasteiger partial charge in [-0.05, 0) is 32.2 Å².